The van der Waals surface area contributed by atoms with Gasteiger partial charge in [-0.05, 0) is 25.7 Å². The Hall–Kier alpha value is -0.540. The van der Waals surface area contributed by atoms with E-state index in [1.807, 2.05) is 10.9 Å². The molecular weight excluding hydrogens is 188 g/mol. The Kier molecular flexibility index (Phi) is 2.56. The zero-order valence-electron chi connectivity index (χ0n) is 7.36. The van der Waals surface area contributed by atoms with Crippen molar-refractivity contribution in [1.29, 1.82) is 0 Å². The molecule has 0 radical (unpaired) electrons. The van der Waals surface area contributed by atoms with E-state index in [-0.39, 0.29) is 6.10 Å². The molecule has 13 heavy (non-hydrogen) atoms. The van der Waals surface area contributed by atoms with Gasteiger partial charge in [-0.3, -0.25) is 4.68 Å². The predicted molar refractivity (Wildman–Crippen MR) is 50.7 cm³/mol. The third-order valence-electron chi connectivity index (χ3n) is 2.56. The highest BCUT2D eigenvalue weighted by Gasteiger charge is 2.21. The zero-order chi connectivity index (χ0) is 9.26. The molecular formula is C9H13ClN2O. The van der Waals surface area contributed by atoms with Crippen LogP contribution in [0, 0.1) is 0 Å². The largest absolute Gasteiger partial charge is 0.393 e. The van der Waals surface area contributed by atoms with Crippen LogP contribution in [0.5, 0.6) is 0 Å². The van der Waals surface area contributed by atoms with Gasteiger partial charge in [0, 0.05) is 6.20 Å². The Balaban J connectivity index is 2.08. The number of aromatic nitrogens is 2. The molecule has 1 N–H and O–H groups in total. The normalized spacial score (nSPS) is 29.1. The SMILES string of the molecule is OC1CCCC(n2cc(Cl)cn2)C1. The number of halogens is 1. The lowest BCUT2D eigenvalue weighted by Crippen LogP contribution is -2.22. The lowest BCUT2D eigenvalue weighted by Gasteiger charge is -2.25. The number of hydrogen-bond donors (Lipinski definition) is 1. The highest BCUT2D eigenvalue weighted by molar-refractivity contribution is 6.30. The smallest absolute Gasteiger partial charge is 0.0785 e. The molecule has 1 heterocycles. The first-order valence-electron chi connectivity index (χ1n) is 4.63. The monoisotopic (exact) mass is 200 g/mol. The van der Waals surface area contributed by atoms with Crippen molar-refractivity contribution < 1.29 is 5.11 Å². The number of hydrogen-bond acceptors (Lipinski definition) is 2. The molecule has 0 saturated heterocycles. The second kappa shape index (κ2) is 3.68. The van der Waals surface area contributed by atoms with Crippen LogP contribution in [-0.4, -0.2) is 21.0 Å². The number of rotatable bonds is 1. The molecule has 0 aliphatic heterocycles. The average Bonchev–Trinajstić information content (AvgIpc) is 2.52. The molecule has 2 atom stereocenters. The third kappa shape index (κ3) is 2.03. The Bertz CT molecular complexity index is 287. The fourth-order valence-electron chi connectivity index (χ4n) is 1.89. The summed E-state index contributed by atoms with van der Waals surface area (Å²) in [7, 11) is 0. The van der Waals surface area contributed by atoms with E-state index in [0.29, 0.717) is 11.1 Å². The van der Waals surface area contributed by atoms with Gasteiger partial charge in [-0.2, -0.15) is 5.10 Å². The molecule has 1 aromatic heterocycles. The first kappa shape index (κ1) is 9.03. The van der Waals surface area contributed by atoms with E-state index in [9.17, 15) is 5.11 Å². The minimum absolute atomic E-state index is 0.165. The Morgan fingerprint density at radius 3 is 3.00 bits per heavy atom. The first-order chi connectivity index (χ1) is 6.25. The molecule has 2 unspecified atom stereocenters. The minimum atomic E-state index is -0.165. The van der Waals surface area contributed by atoms with E-state index >= 15 is 0 Å². The highest BCUT2D eigenvalue weighted by Crippen LogP contribution is 2.28. The van der Waals surface area contributed by atoms with Crippen LogP contribution in [-0.2, 0) is 0 Å². The first-order valence-corrected chi connectivity index (χ1v) is 5.01. The summed E-state index contributed by atoms with van der Waals surface area (Å²) >= 11 is 5.77. The summed E-state index contributed by atoms with van der Waals surface area (Å²) in [6, 6.07) is 0.330. The number of aliphatic hydroxyl groups excluding tert-OH is 1. The number of nitrogens with zero attached hydrogens (tertiary/aromatic N) is 2. The molecule has 72 valence electrons. The predicted octanol–water partition coefficient (Wildman–Crippen LogP) is 2.01. The molecule has 2 rings (SSSR count). The van der Waals surface area contributed by atoms with Gasteiger partial charge in [-0.15, -0.1) is 0 Å². The molecule has 3 nitrogen and oxygen atoms in total. The lowest BCUT2D eigenvalue weighted by molar-refractivity contribution is 0.100. The van der Waals surface area contributed by atoms with Crippen LogP contribution < -0.4 is 0 Å². The molecule has 0 spiro atoms. The van der Waals surface area contributed by atoms with Gasteiger partial charge < -0.3 is 5.11 Å². The topological polar surface area (TPSA) is 38.0 Å². The van der Waals surface area contributed by atoms with E-state index < -0.39 is 0 Å². The maximum atomic E-state index is 9.47. The van der Waals surface area contributed by atoms with E-state index in [2.05, 4.69) is 5.10 Å². The fraction of sp³-hybridized carbons (Fsp3) is 0.667. The average molecular weight is 201 g/mol. The van der Waals surface area contributed by atoms with Crippen LogP contribution in [0.25, 0.3) is 0 Å². The van der Waals surface area contributed by atoms with Crippen molar-refractivity contribution in [3.8, 4) is 0 Å². The molecule has 0 bridgehead atoms. The minimum Gasteiger partial charge on any atom is -0.393 e. The van der Waals surface area contributed by atoms with Gasteiger partial charge >= 0.3 is 0 Å². The van der Waals surface area contributed by atoms with Gasteiger partial charge in [0.1, 0.15) is 0 Å². The maximum Gasteiger partial charge on any atom is 0.0785 e. The zero-order valence-corrected chi connectivity index (χ0v) is 8.11. The van der Waals surface area contributed by atoms with Gasteiger partial charge in [-0.25, -0.2) is 0 Å². The summed E-state index contributed by atoms with van der Waals surface area (Å²) in [6.45, 7) is 0. The molecule has 1 aromatic rings. The summed E-state index contributed by atoms with van der Waals surface area (Å²) in [4.78, 5) is 0. The van der Waals surface area contributed by atoms with Crippen molar-refractivity contribution in [3.05, 3.63) is 17.4 Å². The summed E-state index contributed by atoms with van der Waals surface area (Å²) in [5.74, 6) is 0. The molecule has 1 fully saturated rings. The third-order valence-corrected chi connectivity index (χ3v) is 2.76. The molecule has 0 aromatic carbocycles. The number of aliphatic hydroxyl groups is 1. The van der Waals surface area contributed by atoms with Crippen LogP contribution in [0.1, 0.15) is 31.7 Å². The fourth-order valence-corrected chi connectivity index (χ4v) is 2.04. The highest BCUT2D eigenvalue weighted by atomic mass is 35.5. The van der Waals surface area contributed by atoms with Gasteiger partial charge in [0.25, 0.3) is 0 Å². The molecule has 1 saturated carbocycles. The van der Waals surface area contributed by atoms with Crippen LogP contribution in [0.15, 0.2) is 12.4 Å². The maximum absolute atomic E-state index is 9.47. The second-order valence-corrected chi connectivity index (χ2v) is 4.05. The van der Waals surface area contributed by atoms with Crippen LogP contribution in [0.3, 0.4) is 0 Å². The van der Waals surface area contributed by atoms with Crippen molar-refractivity contribution >= 4 is 11.6 Å². The van der Waals surface area contributed by atoms with Crippen molar-refractivity contribution in [3.63, 3.8) is 0 Å². The van der Waals surface area contributed by atoms with E-state index in [0.717, 1.165) is 25.7 Å². The standard InChI is InChI=1S/C9H13ClN2O/c10-7-5-11-12(6-7)8-2-1-3-9(13)4-8/h5-6,8-9,13H,1-4H2. The van der Waals surface area contributed by atoms with Gasteiger partial charge in [-0.1, -0.05) is 11.6 Å². The Morgan fingerprint density at radius 1 is 1.54 bits per heavy atom. The van der Waals surface area contributed by atoms with Crippen LogP contribution in [0.2, 0.25) is 5.02 Å². The second-order valence-electron chi connectivity index (χ2n) is 3.61. The van der Waals surface area contributed by atoms with E-state index in [1.54, 1.807) is 6.20 Å². The van der Waals surface area contributed by atoms with Crippen LogP contribution >= 0.6 is 11.6 Å². The van der Waals surface area contributed by atoms with Gasteiger partial charge in [0.15, 0.2) is 0 Å². The quantitative estimate of drug-likeness (QED) is 0.753. The Labute approximate surface area is 82.3 Å². The summed E-state index contributed by atoms with van der Waals surface area (Å²) in [5, 5.41) is 14.3. The summed E-state index contributed by atoms with van der Waals surface area (Å²) in [5.41, 5.74) is 0. The summed E-state index contributed by atoms with van der Waals surface area (Å²) < 4.78 is 1.87. The van der Waals surface area contributed by atoms with E-state index in [4.69, 9.17) is 11.6 Å². The van der Waals surface area contributed by atoms with Crippen LogP contribution in [0.4, 0.5) is 0 Å². The molecule has 0 amide bonds. The van der Waals surface area contributed by atoms with E-state index in [1.165, 1.54) is 0 Å². The lowest BCUT2D eigenvalue weighted by atomic mass is 9.93. The van der Waals surface area contributed by atoms with Crippen molar-refractivity contribution in [2.24, 2.45) is 0 Å². The summed E-state index contributed by atoms with van der Waals surface area (Å²) in [6.07, 6.45) is 7.19. The van der Waals surface area contributed by atoms with Crippen molar-refractivity contribution in [2.75, 3.05) is 0 Å². The molecule has 1 aliphatic carbocycles. The van der Waals surface area contributed by atoms with Crippen molar-refractivity contribution in [2.45, 2.75) is 37.8 Å². The van der Waals surface area contributed by atoms with Gasteiger partial charge in [0.05, 0.1) is 23.4 Å². The molecule has 1 aliphatic rings. The Morgan fingerprint density at radius 2 is 2.38 bits per heavy atom. The van der Waals surface area contributed by atoms with Crippen molar-refractivity contribution in [1.82, 2.24) is 9.78 Å². The molecule has 4 heteroatoms. The van der Waals surface area contributed by atoms with Gasteiger partial charge in [0.2, 0.25) is 0 Å².